The van der Waals surface area contributed by atoms with E-state index in [-0.39, 0.29) is 5.60 Å². The van der Waals surface area contributed by atoms with E-state index in [1.54, 1.807) is 0 Å². The van der Waals surface area contributed by atoms with Gasteiger partial charge < -0.3 is 10.1 Å². The van der Waals surface area contributed by atoms with Crippen molar-refractivity contribution in [2.75, 3.05) is 18.1 Å². The molecule has 1 saturated carbocycles. The third-order valence-electron chi connectivity index (χ3n) is 5.21. The Kier molecular flexibility index (Phi) is 3.93. The molecule has 104 valence electrons. The van der Waals surface area contributed by atoms with Crippen LogP contribution in [-0.2, 0) is 4.74 Å². The van der Waals surface area contributed by atoms with Gasteiger partial charge in [-0.15, -0.1) is 0 Å². The molecule has 2 nitrogen and oxygen atoms in total. The summed E-state index contributed by atoms with van der Waals surface area (Å²) in [7, 11) is 0. The number of hydrogen-bond acceptors (Lipinski definition) is 3. The predicted molar refractivity (Wildman–Crippen MR) is 78.1 cm³/mol. The van der Waals surface area contributed by atoms with Gasteiger partial charge in [-0.3, -0.25) is 0 Å². The van der Waals surface area contributed by atoms with Crippen molar-refractivity contribution in [1.82, 2.24) is 5.32 Å². The number of thioether (sulfide) groups is 1. The maximum absolute atomic E-state index is 6.14. The van der Waals surface area contributed by atoms with Crippen molar-refractivity contribution in [1.29, 1.82) is 0 Å². The molecule has 2 aliphatic heterocycles. The highest BCUT2D eigenvalue weighted by Gasteiger charge is 2.42. The van der Waals surface area contributed by atoms with E-state index in [1.165, 1.54) is 43.6 Å². The summed E-state index contributed by atoms with van der Waals surface area (Å²) in [4.78, 5) is 0. The molecule has 1 aliphatic carbocycles. The molecular formula is C15H27NOS. The molecule has 3 rings (SSSR count). The Morgan fingerprint density at radius 2 is 2.11 bits per heavy atom. The monoisotopic (exact) mass is 269 g/mol. The van der Waals surface area contributed by atoms with Crippen molar-refractivity contribution >= 4 is 11.8 Å². The predicted octanol–water partition coefficient (Wildman–Crippen LogP) is 3.07. The summed E-state index contributed by atoms with van der Waals surface area (Å²) in [5, 5.41) is 3.78. The molecule has 18 heavy (non-hydrogen) atoms. The van der Waals surface area contributed by atoms with Crippen LogP contribution in [0, 0.1) is 11.8 Å². The van der Waals surface area contributed by atoms with Gasteiger partial charge in [0.2, 0.25) is 0 Å². The van der Waals surface area contributed by atoms with E-state index < -0.39 is 0 Å². The van der Waals surface area contributed by atoms with Gasteiger partial charge in [-0.1, -0.05) is 6.92 Å². The van der Waals surface area contributed by atoms with Crippen LogP contribution in [0.4, 0.5) is 0 Å². The third-order valence-corrected chi connectivity index (χ3v) is 6.43. The van der Waals surface area contributed by atoms with E-state index in [0.717, 1.165) is 24.5 Å². The highest BCUT2D eigenvalue weighted by molar-refractivity contribution is 7.99. The van der Waals surface area contributed by atoms with Crippen LogP contribution < -0.4 is 5.32 Å². The summed E-state index contributed by atoms with van der Waals surface area (Å²) in [6.07, 6.45) is 6.64. The SMILES string of the molecule is CC(NC1CC1)C(C)C1CCOC2(CCSC2)C1. The molecule has 0 radical (unpaired) electrons. The summed E-state index contributed by atoms with van der Waals surface area (Å²) in [5.41, 5.74) is 0.251. The normalized spacial score (nSPS) is 40.0. The van der Waals surface area contributed by atoms with Gasteiger partial charge in [0.25, 0.3) is 0 Å². The second kappa shape index (κ2) is 5.34. The molecule has 1 N–H and O–H groups in total. The summed E-state index contributed by atoms with van der Waals surface area (Å²) in [6, 6.07) is 1.50. The van der Waals surface area contributed by atoms with Crippen molar-refractivity contribution in [3.05, 3.63) is 0 Å². The molecule has 2 saturated heterocycles. The lowest BCUT2D eigenvalue weighted by atomic mass is 9.76. The largest absolute Gasteiger partial charge is 0.374 e. The molecule has 2 heterocycles. The standard InChI is InChI=1S/C15H27NOS/c1-11(12(2)16-14-3-4-14)13-5-7-17-15(9-13)6-8-18-10-15/h11-14,16H,3-10H2,1-2H3. The Morgan fingerprint density at radius 3 is 2.78 bits per heavy atom. The van der Waals surface area contributed by atoms with Crippen molar-refractivity contribution in [3.8, 4) is 0 Å². The molecule has 1 spiro atoms. The zero-order valence-corrected chi connectivity index (χ0v) is 12.6. The zero-order chi connectivity index (χ0) is 12.6. The van der Waals surface area contributed by atoms with Gasteiger partial charge in [0.1, 0.15) is 0 Å². The minimum Gasteiger partial charge on any atom is -0.374 e. The van der Waals surface area contributed by atoms with Crippen LogP contribution in [0.25, 0.3) is 0 Å². The maximum atomic E-state index is 6.14. The Balaban J connectivity index is 1.56. The summed E-state index contributed by atoms with van der Waals surface area (Å²) in [6.45, 7) is 5.83. The van der Waals surface area contributed by atoms with Crippen molar-refractivity contribution in [3.63, 3.8) is 0 Å². The van der Waals surface area contributed by atoms with Crippen molar-refractivity contribution < 1.29 is 4.74 Å². The fourth-order valence-electron chi connectivity index (χ4n) is 3.56. The molecule has 4 atom stereocenters. The summed E-state index contributed by atoms with van der Waals surface area (Å²) < 4.78 is 6.14. The van der Waals surface area contributed by atoms with Gasteiger partial charge in [-0.25, -0.2) is 0 Å². The van der Waals surface area contributed by atoms with Crippen molar-refractivity contribution in [2.24, 2.45) is 11.8 Å². The first-order valence-corrected chi connectivity index (χ1v) is 8.82. The average Bonchev–Trinajstić information content (AvgIpc) is 3.08. The molecule has 0 aromatic heterocycles. The first-order valence-electron chi connectivity index (χ1n) is 7.66. The van der Waals surface area contributed by atoms with E-state index in [9.17, 15) is 0 Å². The Bertz CT molecular complexity index is 286. The molecule has 3 heteroatoms. The van der Waals surface area contributed by atoms with Gasteiger partial charge in [0, 0.05) is 24.4 Å². The van der Waals surface area contributed by atoms with Crippen LogP contribution in [0.2, 0.25) is 0 Å². The highest BCUT2D eigenvalue weighted by Crippen LogP contribution is 2.43. The topological polar surface area (TPSA) is 21.3 Å². The van der Waals surface area contributed by atoms with Crippen LogP contribution in [0.3, 0.4) is 0 Å². The second-order valence-electron chi connectivity index (χ2n) is 6.68. The van der Waals surface area contributed by atoms with Crippen LogP contribution in [-0.4, -0.2) is 35.8 Å². The molecule has 3 fully saturated rings. The van der Waals surface area contributed by atoms with Crippen LogP contribution in [0.1, 0.15) is 46.0 Å². The Morgan fingerprint density at radius 1 is 1.28 bits per heavy atom. The van der Waals surface area contributed by atoms with Gasteiger partial charge in [0.05, 0.1) is 5.60 Å². The number of hydrogen-bond donors (Lipinski definition) is 1. The first-order chi connectivity index (χ1) is 8.69. The van der Waals surface area contributed by atoms with Crippen LogP contribution in [0.15, 0.2) is 0 Å². The molecule has 3 aliphatic rings. The summed E-state index contributed by atoms with van der Waals surface area (Å²) in [5.74, 6) is 4.19. The van der Waals surface area contributed by atoms with E-state index in [2.05, 4.69) is 30.9 Å². The second-order valence-corrected chi connectivity index (χ2v) is 7.78. The molecular weight excluding hydrogens is 242 g/mol. The fourth-order valence-corrected chi connectivity index (χ4v) is 4.94. The van der Waals surface area contributed by atoms with Gasteiger partial charge in [0.15, 0.2) is 0 Å². The molecule has 0 amide bonds. The minimum absolute atomic E-state index is 0.251. The lowest BCUT2D eigenvalue weighted by molar-refractivity contribution is -0.0898. The van der Waals surface area contributed by atoms with E-state index >= 15 is 0 Å². The molecule has 0 aromatic carbocycles. The maximum Gasteiger partial charge on any atom is 0.0783 e. The first kappa shape index (κ1) is 13.3. The number of ether oxygens (including phenoxy) is 1. The number of nitrogens with one attached hydrogen (secondary N) is 1. The molecule has 0 aromatic rings. The van der Waals surface area contributed by atoms with Gasteiger partial charge >= 0.3 is 0 Å². The van der Waals surface area contributed by atoms with Gasteiger partial charge in [-0.2, -0.15) is 11.8 Å². The smallest absolute Gasteiger partial charge is 0.0783 e. The molecule has 0 bridgehead atoms. The van der Waals surface area contributed by atoms with Gasteiger partial charge in [-0.05, 0) is 56.6 Å². The quantitative estimate of drug-likeness (QED) is 0.847. The van der Waals surface area contributed by atoms with Crippen LogP contribution >= 0.6 is 11.8 Å². The fraction of sp³-hybridized carbons (Fsp3) is 1.00. The summed E-state index contributed by atoms with van der Waals surface area (Å²) >= 11 is 2.08. The highest BCUT2D eigenvalue weighted by atomic mass is 32.2. The van der Waals surface area contributed by atoms with E-state index in [0.29, 0.717) is 6.04 Å². The van der Waals surface area contributed by atoms with E-state index in [4.69, 9.17) is 4.74 Å². The van der Waals surface area contributed by atoms with Crippen molar-refractivity contribution in [2.45, 2.75) is 63.6 Å². The zero-order valence-electron chi connectivity index (χ0n) is 11.8. The Hall–Kier alpha value is 0.270. The van der Waals surface area contributed by atoms with E-state index in [1.807, 2.05) is 0 Å². The minimum atomic E-state index is 0.251. The average molecular weight is 269 g/mol. The Labute approximate surface area is 116 Å². The molecule has 4 unspecified atom stereocenters. The third kappa shape index (κ3) is 2.88. The lowest BCUT2D eigenvalue weighted by Crippen LogP contribution is -2.45. The lowest BCUT2D eigenvalue weighted by Gasteiger charge is -2.41. The van der Waals surface area contributed by atoms with Crippen LogP contribution in [0.5, 0.6) is 0 Å². The number of rotatable bonds is 4.